The van der Waals surface area contributed by atoms with Crippen LogP contribution in [-0.4, -0.2) is 34.1 Å². The highest BCUT2D eigenvalue weighted by atomic mass is 19.1. The van der Waals surface area contributed by atoms with Crippen LogP contribution in [0.2, 0.25) is 0 Å². The number of anilines is 1. The summed E-state index contributed by atoms with van der Waals surface area (Å²) in [4.78, 5) is 21.4. The predicted molar refractivity (Wildman–Crippen MR) is 121 cm³/mol. The number of allylic oxidation sites excluding steroid dienone is 2. The van der Waals surface area contributed by atoms with Crippen molar-refractivity contribution < 1.29 is 9.18 Å². The van der Waals surface area contributed by atoms with Crippen LogP contribution >= 0.6 is 0 Å². The first-order chi connectivity index (χ1) is 15.7. The molecule has 3 aliphatic rings. The molecule has 0 spiro atoms. The maximum atomic E-state index is 14.7. The molecular formula is C24H25FN6O. The van der Waals surface area contributed by atoms with E-state index >= 15 is 0 Å². The van der Waals surface area contributed by atoms with Crippen molar-refractivity contribution in [3.8, 4) is 0 Å². The lowest BCUT2D eigenvalue weighted by Crippen LogP contribution is -2.48. The topological polar surface area (TPSA) is 91.0 Å². The van der Waals surface area contributed by atoms with E-state index in [1.165, 1.54) is 6.20 Å². The van der Waals surface area contributed by atoms with Crippen LogP contribution in [0.4, 0.5) is 10.2 Å². The molecule has 1 aromatic heterocycles. The van der Waals surface area contributed by atoms with Crippen molar-refractivity contribution in [1.29, 1.82) is 0 Å². The van der Waals surface area contributed by atoms with Gasteiger partial charge in [0.2, 0.25) is 0 Å². The maximum absolute atomic E-state index is 14.7. The summed E-state index contributed by atoms with van der Waals surface area (Å²) in [6.07, 6.45) is 12.5. The Bertz CT molecular complexity index is 1100. The molecule has 1 aromatic carbocycles. The number of carbonyl (C=O) groups excluding carboxylic acids is 1. The summed E-state index contributed by atoms with van der Waals surface area (Å²) in [6, 6.07) is 8.91. The van der Waals surface area contributed by atoms with Gasteiger partial charge in [-0.05, 0) is 37.3 Å². The largest absolute Gasteiger partial charge is 0.368 e. The molecule has 5 rings (SSSR count). The molecule has 2 aromatic rings. The Morgan fingerprint density at radius 3 is 2.75 bits per heavy atom. The highest BCUT2D eigenvalue weighted by Gasteiger charge is 2.29. The van der Waals surface area contributed by atoms with Crippen LogP contribution < -0.4 is 21.3 Å². The molecule has 32 heavy (non-hydrogen) atoms. The number of hydrogen-bond acceptors (Lipinski definition) is 6. The predicted octanol–water partition coefficient (Wildman–Crippen LogP) is 3.08. The molecule has 3 unspecified atom stereocenters. The second kappa shape index (κ2) is 8.82. The minimum absolute atomic E-state index is 0.0315. The molecule has 7 nitrogen and oxygen atoms in total. The van der Waals surface area contributed by atoms with E-state index in [4.69, 9.17) is 0 Å². The van der Waals surface area contributed by atoms with E-state index in [1.807, 2.05) is 42.8 Å². The van der Waals surface area contributed by atoms with Gasteiger partial charge in [0.1, 0.15) is 6.17 Å². The number of amides is 1. The summed E-state index contributed by atoms with van der Waals surface area (Å²) in [5.41, 5.74) is 2.45. The number of nitrogens with zero attached hydrogens (tertiary/aromatic N) is 2. The van der Waals surface area contributed by atoms with Gasteiger partial charge in [0.25, 0.3) is 5.91 Å². The number of hydrogen-bond donors (Lipinski definition) is 4. The zero-order valence-electron chi connectivity index (χ0n) is 17.5. The average molecular weight is 433 g/mol. The van der Waals surface area contributed by atoms with Gasteiger partial charge in [-0.3, -0.25) is 4.79 Å². The molecule has 3 atom stereocenters. The fourth-order valence-corrected chi connectivity index (χ4v) is 4.41. The molecule has 1 saturated carbocycles. The van der Waals surface area contributed by atoms with Crippen LogP contribution in [0.15, 0.2) is 66.7 Å². The molecule has 2 aliphatic heterocycles. The standard InChI is InChI=1S/C24H25FN6O/c25-18-14-28-22(17-13-27-21-16(17)9-6-12-26-21)31-23(18)29-19-10-4-5-11-20(19)30-24(32)15-7-2-1-3-8-15/h1-3,6-9,12-14,19-21,26-27H,4-5,10-11H2,(H,30,32)(H,28,29,31). The summed E-state index contributed by atoms with van der Waals surface area (Å²) in [6.45, 7) is 0. The summed E-state index contributed by atoms with van der Waals surface area (Å²) in [5.74, 6) is -0.0181. The smallest absolute Gasteiger partial charge is 0.251 e. The van der Waals surface area contributed by atoms with Crippen LogP contribution in [0.3, 0.4) is 0 Å². The van der Waals surface area contributed by atoms with Crippen LogP contribution in [0.5, 0.6) is 0 Å². The molecule has 0 radical (unpaired) electrons. The van der Waals surface area contributed by atoms with E-state index in [9.17, 15) is 9.18 Å². The van der Waals surface area contributed by atoms with Gasteiger partial charge in [-0.2, -0.15) is 0 Å². The number of benzene rings is 1. The Kier molecular flexibility index (Phi) is 5.58. The first-order valence-electron chi connectivity index (χ1n) is 10.9. The van der Waals surface area contributed by atoms with Crippen molar-refractivity contribution in [2.24, 2.45) is 0 Å². The van der Waals surface area contributed by atoms with Crippen LogP contribution in [0.1, 0.15) is 41.9 Å². The lowest BCUT2D eigenvalue weighted by atomic mass is 9.90. The van der Waals surface area contributed by atoms with Gasteiger partial charge in [-0.1, -0.05) is 37.1 Å². The highest BCUT2D eigenvalue weighted by Crippen LogP contribution is 2.30. The quantitative estimate of drug-likeness (QED) is 0.581. The van der Waals surface area contributed by atoms with E-state index in [-0.39, 0.29) is 30.0 Å². The van der Waals surface area contributed by atoms with Crippen LogP contribution in [0, 0.1) is 5.82 Å². The zero-order valence-corrected chi connectivity index (χ0v) is 17.5. The van der Waals surface area contributed by atoms with E-state index in [0.717, 1.165) is 36.8 Å². The number of rotatable bonds is 5. The number of aromatic nitrogens is 2. The molecule has 1 aliphatic carbocycles. The van der Waals surface area contributed by atoms with Gasteiger partial charge in [-0.25, -0.2) is 14.4 Å². The van der Waals surface area contributed by atoms with Crippen molar-refractivity contribution in [3.05, 3.63) is 83.9 Å². The fourth-order valence-electron chi connectivity index (χ4n) is 4.41. The van der Waals surface area contributed by atoms with Crippen LogP contribution in [0.25, 0.3) is 5.57 Å². The summed E-state index contributed by atoms with van der Waals surface area (Å²) in [7, 11) is 0. The molecule has 0 bridgehead atoms. The third-order valence-electron chi connectivity index (χ3n) is 6.08. The van der Waals surface area contributed by atoms with Crippen molar-refractivity contribution in [2.45, 2.75) is 43.9 Å². The number of halogens is 1. The van der Waals surface area contributed by atoms with Gasteiger partial charge in [0.05, 0.1) is 6.20 Å². The van der Waals surface area contributed by atoms with Gasteiger partial charge in [-0.15, -0.1) is 0 Å². The molecule has 1 amide bonds. The molecule has 0 saturated heterocycles. The normalized spacial score (nSPS) is 23.8. The molecule has 8 heteroatoms. The maximum Gasteiger partial charge on any atom is 0.251 e. The molecule has 4 N–H and O–H groups in total. The summed E-state index contributed by atoms with van der Waals surface area (Å²) >= 11 is 0. The first-order valence-corrected chi connectivity index (χ1v) is 10.9. The van der Waals surface area contributed by atoms with Crippen molar-refractivity contribution >= 4 is 17.3 Å². The number of fused-ring (bicyclic) bond motifs is 1. The second-order valence-electron chi connectivity index (χ2n) is 8.18. The minimum atomic E-state index is -0.508. The van der Waals surface area contributed by atoms with Gasteiger partial charge in [0.15, 0.2) is 17.5 Å². The number of nitrogens with one attached hydrogen (secondary N) is 4. The lowest BCUT2D eigenvalue weighted by molar-refractivity contribution is 0.0923. The number of carbonyl (C=O) groups is 1. The highest BCUT2D eigenvalue weighted by molar-refractivity contribution is 5.94. The molecule has 1 fully saturated rings. The summed E-state index contributed by atoms with van der Waals surface area (Å²) in [5, 5.41) is 12.8. The Morgan fingerprint density at radius 1 is 1.09 bits per heavy atom. The van der Waals surface area contributed by atoms with Crippen molar-refractivity contribution in [3.63, 3.8) is 0 Å². The van der Waals surface area contributed by atoms with Gasteiger partial charge < -0.3 is 21.3 Å². The monoisotopic (exact) mass is 432 g/mol. The Hall–Kier alpha value is -3.68. The third-order valence-corrected chi connectivity index (χ3v) is 6.08. The molecule has 164 valence electrons. The average Bonchev–Trinajstić information content (AvgIpc) is 3.26. The van der Waals surface area contributed by atoms with Gasteiger partial charge >= 0.3 is 0 Å². The second-order valence-corrected chi connectivity index (χ2v) is 8.18. The number of dihydropyridines is 1. The zero-order chi connectivity index (χ0) is 21.9. The Balaban J connectivity index is 1.34. The van der Waals surface area contributed by atoms with E-state index in [2.05, 4.69) is 31.2 Å². The van der Waals surface area contributed by atoms with Crippen molar-refractivity contribution in [2.75, 3.05) is 5.32 Å². The minimum Gasteiger partial charge on any atom is -0.368 e. The van der Waals surface area contributed by atoms with Crippen molar-refractivity contribution in [1.82, 2.24) is 25.9 Å². The Labute approximate surface area is 185 Å². The fraction of sp³-hybridized carbons (Fsp3) is 0.292. The Morgan fingerprint density at radius 2 is 1.91 bits per heavy atom. The van der Waals surface area contributed by atoms with E-state index in [1.54, 1.807) is 12.1 Å². The van der Waals surface area contributed by atoms with Gasteiger partial charge in [0, 0.05) is 35.0 Å². The van der Waals surface area contributed by atoms with Crippen LogP contribution in [-0.2, 0) is 0 Å². The molecular weight excluding hydrogens is 407 g/mol. The summed E-state index contributed by atoms with van der Waals surface area (Å²) < 4.78 is 14.7. The van der Waals surface area contributed by atoms with E-state index in [0.29, 0.717) is 11.4 Å². The SMILES string of the molecule is O=C(NC1CCCCC1Nc1nc(C2=CNC3NC=CC=C23)ncc1F)c1ccccc1. The third kappa shape index (κ3) is 4.08. The van der Waals surface area contributed by atoms with E-state index < -0.39 is 5.82 Å². The first kappa shape index (κ1) is 20.2. The molecule has 3 heterocycles. The lowest BCUT2D eigenvalue weighted by Gasteiger charge is -2.33.